The number of aliphatic carboxylic acids is 1. The number of imidazole rings is 1. The molecule has 0 bridgehead atoms. The number of benzene rings is 1. The monoisotopic (exact) mass is 280 g/mol. The number of fused-ring (bicyclic) bond motifs is 1. The van der Waals surface area contributed by atoms with Gasteiger partial charge in [-0.3, -0.25) is 4.79 Å². The zero-order chi connectivity index (χ0) is 13.8. The van der Waals surface area contributed by atoms with Crippen LogP contribution < -0.4 is 4.74 Å². The number of aromatic nitrogens is 2. The van der Waals surface area contributed by atoms with Crippen molar-refractivity contribution in [3.8, 4) is 5.75 Å². The van der Waals surface area contributed by atoms with Crippen LogP contribution in [0.15, 0.2) is 23.4 Å². The topological polar surface area (TPSA) is 75.2 Å². The third-order valence-electron chi connectivity index (χ3n) is 2.52. The maximum absolute atomic E-state index is 10.6. The lowest BCUT2D eigenvalue weighted by Gasteiger charge is -2.04. The average molecular weight is 280 g/mol. The van der Waals surface area contributed by atoms with Gasteiger partial charge in [-0.25, -0.2) is 4.98 Å². The highest BCUT2D eigenvalue weighted by Crippen LogP contribution is 2.26. The molecule has 19 heavy (non-hydrogen) atoms. The Morgan fingerprint density at radius 3 is 3.05 bits per heavy atom. The van der Waals surface area contributed by atoms with Crippen molar-refractivity contribution < 1.29 is 14.6 Å². The predicted octanol–water partition coefficient (Wildman–Crippen LogP) is 2.92. The molecular formula is C13H16N2O3S. The van der Waals surface area contributed by atoms with E-state index in [-0.39, 0.29) is 11.7 Å². The molecule has 1 atom stereocenters. The second-order valence-electron chi connectivity index (χ2n) is 4.18. The Hall–Kier alpha value is -1.69. The van der Waals surface area contributed by atoms with Gasteiger partial charge in [-0.1, -0.05) is 18.7 Å². The maximum atomic E-state index is 10.6. The van der Waals surface area contributed by atoms with Crippen LogP contribution in [0.25, 0.3) is 11.0 Å². The first kappa shape index (κ1) is 13.7. The number of rotatable bonds is 6. The summed E-state index contributed by atoms with van der Waals surface area (Å²) in [5.41, 5.74) is 1.75. The zero-order valence-corrected chi connectivity index (χ0v) is 11.7. The minimum atomic E-state index is -0.797. The molecule has 0 aliphatic rings. The van der Waals surface area contributed by atoms with E-state index < -0.39 is 5.97 Å². The summed E-state index contributed by atoms with van der Waals surface area (Å²) in [6.07, 6.45) is 0.117. The summed E-state index contributed by atoms with van der Waals surface area (Å²) in [6, 6.07) is 5.67. The van der Waals surface area contributed by atoms with Crippen molar-refractivity contribution in [2.24, 2.45) is 0 Å². The molecule has 1 heterocycles. The minimum Gasteiger partial charge on any atom is -0.494 e. The lowest BCUT2D eigenvalue weighted by molar-refractivity contribution is -0.136. The Bertz CT molecular complexity index is 582. The second-order valence-corrected chi connectivity index (χ2v) is 5.61. The van der Waals surface area contributed by atoms with Crippen molar-refractivity contribution >= 4 is 28.8 Å². The molecule has 2 rings (SSSR count). The quantitative estimate of drug-likeness (QED) is 0.796. The Kier molecular flexibility index (Phi) is 4.31. The number of thioether (sulfide) groups is 1. The van der Waals surface area contributed by atoms with Gasteiger partial charge in [0, 0.05) is 11.3 Å². The Balaban J connectivity index is 2.14. The van der Waals surface area contributed by atoms with E-state index in [1.807, 2.05) is 32.0 Å². The van der Waals surface area contributed by atoms with E-state index in [2.05, 4.69) is 9.97 Å². The Morgan fingerprint density at radius 2 is 2.37 bits per heavy atom. The number of nitrogens with one attached hydrogen (secondary N) is 1. The molecule has 0 fully saturated rings. The fraction of sp³-hybridized carbons (Fsp3) is 0.385. The van der Waals surface area contributed by atoms with Crippen LogP contribution in [0.3, 0.4) is 0 Å². The number of carboxylic acid groups (broad SMARTS) is 1. The number of hydrogen-bond donors (Lipinski definition) is 2. The smallest absolute Gasteiger partial charge is 0.304 e. The van der Waals surface area contributed by atoms with E-state index in [1.54, 1.807) is 0 Å². The Morgan fingerprint density at radius 1 is 1.58 bits per heavy atom. The van der Waals surface area contributed by atoms with Crippen LogP contribution in [0.5, 0.6) is 5.75 Å². The molecule has 0 radical (unpaired) electrons. The first-order valence-corrected chi connectivity index (χ1v) is 6.97. The molecule has 2 aromatic rings. The molecular weight excluding hydrogens is 264 g/mol. The summed E-state index contributed by atoms with van der Waals surface area (Å²) in [5, 5.41) is 9.45. The average Bonchev–Trinajstić information content (AvgIpc) is 2.69. The van der Waals surface area contributed by atoms with Crippen LogP contribution in [0.4, 0.5) is 0 Å². The summed E-state index contributed by atoms with van der Waals surface area (Å²) in [7, 11) is 0. The van der Waals surface area contributed by atoms with Crippen LogP contribution in [0, 0.1) is 0 Å². The summed E-state index contributed by atoms with van der Waals surface area (Å²) in [5.74, 6) is 0.00327. The van der Waals surface area contributed by atoms with Crippen LogP contribution >= 0.6 is 11.8 Å². The highest BCUT2D eigenvalue weighted by molar-refractivity contribution is 7.99. The van der Waals surface area contributed by atoms with Crippen molar-refractivity contribution in [3.05, 3.63) is 18.2 Å². The second kappa shape index (κ2) is 5.97. The maximum Gasteiger partial charge on any atom is 0.304 e. The fourth-order valence-corrected chi connectivity index (χ4v) is 2.68. The minimum absolute atomic E-state index is 0.0237. The van der Waals surface area contributed by atoms with Gasteiger partial charge in [0.2, 0.25) is 0 Å². The normalized spacial score (nSPS) is 12.5. The molecule has 5 nitrogen and oxygen atoms in total. The van der Waals surface area contributed by atoms with E-state index in [4.69, 9.17) is 9.84 Å². The summed E-state index contributed by atoms with van der Waals surface area (Å²) >= 11 is 1.43. The van der Waals surface area contributed by atoms with Gasteiger partial charge in [0.15, 0.2) is 5.16 Å². The van der Waals surface area contributed by atoms with Crippen LogP contribution in [0.2, 0.25) is 0 Å². The molecule has 0 saturated heterocycles. The lowest BCUT2D eigenvalue weighted by Crippen LogP contribution is -2.05. The highest BCUT2D eigenvalue weighted by Gasteiger charge is 2.12. The van der Waals surface area contributed by atoms with Gasteiger partial charge in [-0.15, -0.1) is 0 Å². The van der Waals surface area contributed by atoms with E-state index in [1.165, 1.54) is 11.8 Å². The number of aromatic amines is 1. The number of carboxylic acids is 1. The van der Waals surface area contributed by atoms with Gasteiger partial charge in [0.1, 0.15) is 5.75 Å². The van der Waals surface area contributed by atoms with Gasteiger partial charge in [-0.05, 0) is 19.1 Å². The van der Waals surface area contributed by atoms with E-state index >= 15 is 0 Å². The molecule has 1 unspecified atom stereocenters. The molecule has 6 heteroatoms. The molecule has 0 spiro atoms. The molecule has 0 amide bonds. The van der Waals surface area contributed by atoms with Gasteiger partial charge in [0.05, 0.1) is 24.1 Å². The third-order valence-corrected chi connectivity index (χ3v) is 3.50. The van der Waals surface area contributed by atoms with E-state index in [0.717, 1.165) is 21.9 Å². The molecule has 0 aliphatic heterocycles. The fourth-order valence-electron chi connectivity index (χ4n) is 1.76. The van der Waals surface area contributed by atoms with Crippen molar-refractivity contribution in [2.75, 3.05) is 6.61 Å². The SMILES string of the molecule is CCOc1ccc2nc(SC(C)CC(=O)O)[nH]c2c1. The van der Waals surface area contributed by atoms with Crippen molar-refractivity contribution in [1.82, 2.24) is 9.97 Å². The molecule has 1 aromatic carbocycles. The van der Waals surface area contributed by atoms with E-state index in [0.29, 0.717) is 6.61 Å². The summed E-state index contributed by atoms with van der Waals surface area (Å²) < 4.78 is 5.42. The van der Waals surface area contributed by atoms with Crippen LogP contribution in [-0.4, -0.2) is 32.9 Å². The predicted molar refractivity (Wildman–Crippen MR) is 74.8 cm³/mol. The molecule has 0 saturated carbocycles. The largest absolute Gasteiger partial charge is 0.494 e. The van der Waals surface area contributed by atoms with Crippen molar-refractivity contribution in [3.63, 3.8) is 0 Å². The van der Waals surface area contributed by atoms with Crippen molar-refractivity contribution in [2.45, 2.75) is 30.7 Å². The lowest BCUT2D eigenvalue weighted by atomic mass is 10.3. The van der Waals surface area contributed by atoms with Gasteiger partial charge >= 0.3 is 5.97 Å². The Labute approximate surface area is 115 Å². The standard InChI is InChI=1S/C13H16N2O3S/c1-3-18-9-4-5-10-11(7-9)15-13(14-10)19-8(2)6-12(16)17/h4-5,7-8H,3,6H2,1-2H3,(H,14,15)(H,16,17). The first-order chi connectivity index (χ1) is 9.08. The number of nitrogens with zero attached hydrogens (tertiary/aromatic N) is 1. The zero-order valence-electron chi connectivity index (χ0n) is 10.8. The van der Waals surface area contributed by atoms with E-state index in [9.17, 15) is 4.79 Å². The number of ether oxygens (including phenoxy) is 1. The third kappa shape index (κ3) is 3.64. The summed E-state index contributed by atoms with van der Waals surface area (Å²) in [6.45, 7) is 4.43. The highest BCUT2D eigenvalue weighted by atomic mass is 32.2. The van der Waals surface area contributed by atoms with Gasteiger partial charge < -0.3 is 14.8 Å². The first-order valence-electron chi connectivity index (χ1n) is 6.09. The molecule has 102 valence electrons. The van der Waals surface area contributed by atoms with Crippen LogP contribution in [0.1, 0.15) is 20.3 Å². The van der Waals surface area contributed by atoms with Gasteiger partial charge in [0.25, 0.3) is 0 Å². The molecule has 1 aromatic heterocycles. The molecule has 2 N–H and O–H groups in total. The van der Waals surface area contributed by atoms with Crippen LogP contribution in [-0.2, 0) is 4.79 Å². The van der Waals surface area contributed by atoms with Crippen molar-refractivity contribution in [1.29, 1.82) is 0 Å². The number of H-pyrrole nitrogens is 1. The number of carbonyl (C=O) groups is 1. The molecule has 0 aliphatic carbocycles. The van der Waals surface area contributed by atoms with Gasteiger partial charge in [-0.2, -0.15) is 0 Å². The number of hydrogen-bond acceptors (Lipinski definition) is 4. The summed E-state index contributed by atoms with van der Waals surface area (Å²) in [4.78, 5) is 18.2.